The van der Waals surface area contributed by atoms with Gasteiger partial charge in [0.15, 0.2) is 5.82 Å². The van der Waals surface area contributed by atoms with Crippen LogP contribution in [0.15, 0.2) is 49.3 Å². The summed E-state index contributed by atoms with van der Waals surface area (Å²) in [5, 5.41) is 13.4. The number of aryl methyl sites for hydroxylation is 1. The number of carbonyl (C=O) groups excluding carboxylic acids is 2. The highest BCUT2D eigenvalue weighted by atomic mass is 16.5. The van der Waals surface area contributed by atoms with Crippen LogP contribution in [0.2, 0.25) is 0 Å². The molecule has 0 radical (unpaired) electrons. The van der Waals surface area contributed by atoms with Crippen LogP contribution >= 0.6 is 0 Å². The third kappa shape index (κ3) is 7.10. The van der Waals surface area contributed by atoms with Gasteiger partial charge in [-0.1, -0.05) is 6.58 Å². The van der Waals surface area contributed by atoms with Crippen LogP contribution in [-0.4, -0.2) is 78.1 Å². The van der Waals surface area contributed by atoms with Gasteiger partial charge in [-0.2, -0.15) is 10.1 Å². The summed E-state index contributed by atoms with van der Waals surface area (Å²) >= 11 is 0. The summed E-state index contributed by atoms with van der Waals surface area (Å²) in [7, 11) is 8.18. The Kier molecular flexibility index (Phi) is 8.86. The third-order valence-electron chi connectivity index (χ3n) is 5.30. The number of carbonyl (C=O) groups is 2. The molecule has 0 saturated heterocycles. The Morgan fingerprint density at radius 3 is 2.54 bits per heavy atom. The number of aromatic nitrogens is 4. The molecule has 0 saturated carbocycles. The lowest BCUT2D eigenvalue weighted by Crippen LogP contribution is -2.35. The van der Waals surface area contributed by atoms with E-state index in [1.807, 2.05) is 31.3 Å². The van der Waals surface area contributed by atoms with Crippen LogP contribution in [0.25, 0.3) is 0 Å². The number of ether oxygens (including phenoxy) is 2. The molecular weight excluding hydrogens is 478 g/mol. The van der Waals surface area contributed by atoms with E-state index in [1.54, 1.807) is 36.1 Å². The molecule has 0 spiro atoms. The van der Waals surface area contributed by atoms with Crippen molar-refractivity contribution in [3.05, 3.63) is 49.3 Å². The number of benzene rings is 1. The first-order chi connectivity index (χ1) is 17.7. The van der Waals surface area contributed by atoms with Crippen LogP contribution in [0.1, 0.15) is 0 Å². The van der Waals surface area contributed by atoms with E-state index in [4.69, 9.17) is 9.47 Å². The van der Waals surface area contributed by atoms with Crippen molar-refractivity contribution in [2.45, 2.75) is 0 Å². The summed E-state index contributed by atoms with van der Waals surface area (Å²) in [6.45, 7) is 4.39. The lowest BCUT2D eigenvalue weighted by molar-refractivity contribution is -0.111. The molecule has 1 aromatic carbocycles. The van der Waals surface area contributed by atoms with Gasteiger partial charge in [-0.25, -0.2) is 9.78 Å². The summed E-state index contributed by atoms with van der Waals surface area (Å²) in [6.07, 6.45) is 4.17. The normalized spacial score (nSPS) is 10.3. The summed E-state index contributed by atoms with van der Waals surface area (Å²) in [5.74, 6) is 1.61. The van der Waals surface area contributed by atoms with E-state index in [0.29, 0.717) is 53.5 Å². The average Bonchev–Trinajstić information content (AvgIpc) is 3.30. The molecule has 0 aliphatic carbocycles. The first-order valence-corrected chi connectivity index (χ1v) is 11.3. The van der Waals surface area contributed by atoms with Gasteiger partial charge in [0.2, 0.25) is 11.9 Å². The number of nitrogens with one attached hydrogen (secondary N) is 3. The minimum Gasteiger partial charge on any atom is -0.494 e. The fourth-order valence-electron chi connectivity index (χ4n) is 3.32. The number of hydrogen-bond acceptors (Lipinski definition) is 10. The summed E-state index contributed by atoms with van der Waals surface area (Å²) in [6, 6.07) is 7.04. The van der Waals surface area contributed by atoms with Crippen molar-refractivity contribution >= 4 is 46.6 Å². The van der Waals surface area contributed by atoms with Gasteiger partial charge >= 0.3 is 6.09 Å². The van der Waals surface area contributed by atoms with E-state index in [1.165, 1.54) is 25.2 Å². The summed E-state index contributed by atoms with van der Waals surface area (Å²) in [5.41, 5.74) is 1.70. The topological polar surface area (TPSA) is 139 Å². The van der Waals surface area contributed by atoms with Crippen molar-refractivity contribution in [2.75, 3.05) is 62.3 Å². The zero-order valence-electron chi connectivity index (χ0n) is 21.5. The molecule has 2 amide bonds. The van der Waals surface area contributed by atoms with Crippen molar-refractivity contribution in [3.8, 4) is 5.75 Å². The number of likely N-dealkylation sites (N-methyl/N-ethyl adjacent to an activating group) is 2. The molecule has 0 aliphatic rings. The number of nitrogens with zero attached hydrogens (tertiary/aromatic N) is 6. The number of methoxy groups -OCH3 is 2. The quantitative estimate of drug-likeness (QED) is 0.331. The number of amides is 2. The van der Waals surface area contributed by atoms with Gasteiger partial charge in [-0.05, 0) is 18.2 Å². The number of rotatable bonds is 11. The second kappa shape index (κ2) is 12.2. The maximum absolute atomic E-state index is 12.2. The molecule has 3 rings (SSSR count). The Morgan fingerprint density at radius 2 is 1.89 bits per heavy atom. The largest absolute Gasteiger partial charge is 0.494 e. The van der Waals surface area contributed by atoms with Crippen molar-refractivity contribution in [2.24, 2.45) is 7.05 Å². The van der Waals surface area contributed by atoms with Crippen molar-refractivity contribution in [1.82, 2.24) is 24.6 Å². The average molecular weight is 510 g/mol. The van der Waals surface area contributed by atoms with Crippen molar-refractivity contribution in [3.63, 3.8) is 0 Å². The molecule has 13 heteroatoms. The monoisotopic (exact) mass is 509 g/mol. The van der Waals surface area contributed by atoms with Gasteiger partial charge in [-0.15, -0.1) is 0 Å². The van der Waals surface area contributed by atoms with Gasteiger partial charge in [0.25, 0.3) is 0 Å². The zero-order valence-corrected chi connectivity index (χ0v) is 21.5. The molecule has 0 atom stereocenters. The highest BCUT2D eigenvalue weighted by molar-refractivity contribution is 6.02. The minimum absolute atomic E-state index is 0.307. The van der Waals surface area contributed by atoms with Crippen LogP contribution in [0.5, 0.6) is 5.75 Å². The van der Waals surface area contributed by atoms with Crippen LogP contribution in [0.3, 0.4) is 0 Å². The maximum atomic E-state index is 12.2. The molecule has 0 fully saturated rings. The van der Waals surface area contributed by atoms with Crippen LogP contribution in [0.4, 0.5) is 39.4 Å². The predicted molar refractivity (Wildman–Crippen MR) is 142 cm³/mol. The Balaban J connectivity index is 1.88. The van der Waals surface area contributed by atoms with Gasteiger partial charge < -0.3 is 35.2 Å². The molecular formula is C24H31N9O4. The van der Waals surface area contributed by atoms with Gasteiger partial charge in [0.1, 0.15) is 11.6 Å². The van der Waals surface area contributed by atoms with E-state index in [9.17, 15) is 9.59 Å². The summed E-state index contributed by atoms with van der Waals surface area (Å²) < 4.78 is 12.0. The van der Waals surface area contributed by atoms with Gasteiger partial charge in [0.05, 0.1) is 31.3 Å². The standard InChI is InChI=1S/C24H31N9O4/c1-7-22(34)26-16-14-17(19(36-5)15-18(16)31(2)12-13-32(3)24(35)37-6)27-23-25-10-8-20(29-23)28-21-9-11-33(4)30-21/h7-11,14-15H,1,12-13H2,2-6H3,(H,26,34)(H2,25,27,28,29,30). The molecule has 2 aromatic heterocycles. The molecule has 0 aliphatic heterocycles. The maximum Gasteiger partial charge on any atom is 0.409 e. The second-order valence-electron chi connectivity index (χ2n) is 7.97. The number of hydrogen-bond donors (Lipinski definition) is 3. The Morgan fingerprint density at radius 1 is 1.11 bits per heavy atom. The van der Waals surface area contributed by atoms with E-state index in [-0.39, 0.29) is 5.91 Å². The van der Waals surface area contributed by atoms with E-state index >= 15 is 0 Å². The lowest BCUT2D eigenvalue weighted by Gasteiger charge is -2.26. The molecule has 2 heterocycles. The highest BCUT2D eigenvalue weighted by Gasteiger charge is 2.17. The third-order valence-corrected chi connectivity index (χ3v) is 5.30. The minimum atomic E-state index is -0.439. The Bertz CT molecular complexity index is 1260. The first-order valence-electron chi connectivity index (χ1n) is 11.3. The van der Waals surface area contributed by atoms with Crippen LogP contribution < -0.4 is 25.6 Å². The Hall–Kier alpha value is -4.81. The molecule has 37 heavy (non-hydrogen) atoms. The molecule has 0 bridgehead atoms. The van der Waals surface area contributed by atoms with Crippen molar-refractivity contribution < 1.29 is 19.1 Å². The summed E-state index contributed by atoms with van der Waals surface area (Å²) in [4.78, 5) is 36.0. The van der Waals surface area contributed by atoms with Gasteiger partial charge in [0, 0.05) is 58.8 Å². The predicted octanol–water partition coefficient (Wildman–Crippen LogP) is 2.96. The molecule has 3 N–H and O–H groups in total. The smallest absolute Gasteiger partial charge is 0.409 e. The van der Waals surface area contributed by atoms with E-state index in [0.717, 1.165) is 0 Å². The Labute approximate surface area is 215 Å². The fraction of sp³-hybridized carbons (Fsp3) is 0.292. The first kappa shape index (κ1) is 26.8. The SMILES string of the molecule is C=CC(=O)Nc1cc(Nc2nccc(Nc3ccn(C)n3)n2)c(OC)cc1N(C)CCN(C)C(=O)OC. The van der Waals surface area contributed by atoms with Crippen LogP contribution in [0, 0.1) is 0 Å². The number of anilines is 6. The van der Waals surface area contributed by atoms with E-state index < -0.39 is 6.09 Å². The van der Waals surface area contributed by atoms with Crippen LogP contribution in [-0.2, 0) is 16.6 Å². The molecule has 3 aromatic rings. The molecule has 0 unspecified atom stereocenters. The second-order valence-corrected chi connectivity index (χ2v) is 7.97. The fourth-order valence-corrected chi connectivity index (χ4v) is 3.32. The molecule has 13 nitrogen and oxygen atoms in total. The lowest BCUT2D eigenvalue weighted by atomic mass is 10.2. The molecule has 196 valence electrons. The van der Waals surface area contributed by atoms with Crippen molar-refractivity contribution in [1.29, 1.82) is 0 Å². The van der Waals surface area contributed by atoms with E-state index in [2.05, 4.69) is 37.6 Å². The van der Waals surface area contributed by atoms with Gasteiger partial charge in [-0.3, -0.25) is 9.48 Å². The zero-order chi connectivity index (χ0) is 26.9. The highest BCUT2D eigenvalue weighted by Crippen LogP contribution is 2.38.